The summed E-state index contributed by atoms with van der Waals surface area (Å²) in [5.41, 5.74) is 7.15. The van der Waals surface area contributed by atoms with Crippen LogP contribution in [0.3, 0.4) is 0 Å². The molecule has 0 aliphatic heterocycles. The van der Waals surface area contributed by atoms with Crippen LogP contribution in [-0.2, 0) is 6.54 Å². The van der Waals surface area contributed by atoms with E-state index in [2.05, 4.69) is 29.5 Å². The molecule has 4 N–H and O–H groups in total. The number of aliphatic imine (C=N–C) groups is 1. The van der Waals surface area contributed by atoms with Gasteiger partial charge in [-0.15, -0.1) is 0 Å². The minimum absolute atomic E-state index is 0.0794. The van der Waals surface area contributed by atoms with Crippen molar-refractivity contribution in [3.8, 4) is 0 Å². The summed E-state index contributed by atoms with van der Waals surface area (Å²) in [7, 11) is 0. The predicted molar refractivity (Wildman–Crippen MR) is 91.8 cm³/mol. The highest BCUT2D eigenvalue weighted by Gasteiger charge is 2.15. The van der Waals surface area contributed by atoms with Crippen molar-refractivity contribution in [2.45, 2.75) is 46.7 Å². The van der Waals surface area contributed by atoms with Crippen LogP contribution < -0.4 is 16.4 Å². The van der Waals surface area contributed by atoms with Crippen molar-refractivity contribution >= 4 is 11.9 Å². The number of hydrogen-bond donors (Lipinski definition) is 3. The number of rotatable bonds is 5. The molecule has 0 radical (unpaired) electrons. The number of guanidine groups is 1. The molecule has 122 valence electrons. The largest absolute Gasteiger partial charge is 0.370 e. The Labute approximate surface area is 133 Å². The predicted octanol–water partition coefficient (Wildman–Crippen LogP) is 2.28. The minimum atomic E-state index is -0.254. The van der Waals surface area contributed by atoms with Gasteiger partial charge >= 0.3 is 0 Å². The van der Waals surface area contributed by atoms with Gasteiger partial charge in [0, 0.05) is 17.6 Å². The SMILES string of the molecule is CC(C)CNC(N)=NCc1cccc(C(=O)NC(C)(C)C)c1. The van der Waals surface area contributed by atoms with Gasteiger partial charge in [-0.3, -0.25) is 4.79 Å². The van der Waals surface area contributed by atoms with Gasteiger partial charge in [0.2, 0.25) is 0 Å². The lowest BCUT2D eigenvalue weighted by Gasteiger charge is -2.20. The van der Waals surface area contributed by atoms with Crippen LogP contribution in [0.4, 0.5) is 0 Å². The summed E-state index contributed by atoms with van der Waals surface area (Å²) in [6.45, 7) is 11.3. The first-order chi connectivity index (χ1) is 10.2. The summed E-state index contributed by atoms with van der Waals surface area (Å²) in [6.07, 6.45) is 0. The number of nitrogens with one attached hydrogen (secondary N) is 2. The van der Waals surface area contributed by atoms with Crippen LogP contribution in [0.15, 0.2) is 29.3 Å². The monoisotopic (exact) mass is 304 g/mol. The first kappa shape index (κ1) is 18.0. The Morgan fingerprint density at radius 3 is 2.59 bits per heavy atom. The average Bonchev–Trinajstić information content (AvgIpc) is 2.41. The number of hydrogen-bond acceptors (Lipinski definition) is 2. The van der Waals surface area contributed by atoms with Crippen molar-refractivity contribution in [3.05, 3.63) is 35.4 Å². The van der Waals surface area contributed by atoms with Crippen LogP contribution >= 0.6 is 0 Å². The second kappa shape index (κ2) is 7.82. The van der Waals surface area contributed by atoms with Gasteiger partial charge in [0.05, 0.1) is 6.54 Å². The van der Waals surface area contributed by atoms with E-state index in [4.69, 9.17) is 5.73 Å². The van der Waals surface area contributed by atoms with Gasteiger partial charge < -0.3 is 16.4 Å². The Morgan fingerprint density at radius 1 is 1.32 bits per heavy atom. The molecule has 0 spiro atoms. The van der Waals surface area contributed by atoms with Crippen molar-refractivity contribution in [2.75, 3.05) is 6.54 Å². The summed E-state index contributed by atoms with van der Waals surface area (Å²) in [5.74, 6) is 0.862. The molecule has 0 bridgehead atoms. The highest BCUT2D eigenvalue weighted by molar-refractivity contribution is 5.94. The Bertz CT molecular complexity index is 530. The van der Waals surface area contributed by atoms with Crippen LogP contribution in [0, 0.1) is 5.92 Å². The van der Waals surface area contributed by atoms with E-state index >= 15 is 0 Å². The molecule has 1 aromatic rings. The van der Waals surface area contributed by atoms with Gasteiger partial charge in [0.1, 0.15) is 0 Å². The maximum Gasteiger partial charge on any atom is 0.251 e. The van der Waals surface area contributed by atoms with E-state index in [0.717, 1.165) is 12.1 Å². The number of benzene rings is 1. The molecule has 0 aliphatic rings. The fourth-order valence-corrected chi connectivity index (χ4v) is 1.76. The third-order valence-corrected chi connectivity index (χ3v) is 2.80. The first-order valence-corrected chi connectivity index (χ1v) is 7.62. The lowest BCUT2D eigenvalue weighted by molar-refractivity contribution is 0.0919. The van der Waals surface area contributed by atoms with Crippen molar-refractivity contribution in [1.29, 1.82) is 0 Å². The van der Waals surface area contributed by atoms with Crippen LogP contribution in [-0.4, -0.2) is 24.0 Å². The lowest BCUT2D eigenvalue weighted by atomic mass is 10.1. The molecule has 1 rings (SSSR count). The first-order valence-electron chi connectivity index (χ1n) is 7.62. The van der Waals surface area contributed by atoms with Gasteiger partial charge in [-0.2, -0.15) is 0 Å². The molecule has 0 fully saturated rings. The lowest BCUT2D eigenvalue weighted by Crippen LogP contribution is -2.40. The number of carbonyl (C=O) groups is 1. The second-order valence-electron chi connectivity index (χ2n) is 6.88. The van der Waals surface area contributed by atoms with Crippen molar-refractivity contribution in [3.63, 3.8) is 0 Å². The normalized spacial score (nSPS) is 12.4. The number of nitrogens with zero attached hydrogens (tertiary/aromatic N) is 1. The molecule has 22 heavy (non-hydrogen) atoms. The van der Waals surface area contributed by atoms with Gasteiger partial charge in [0.15, 0.2) is 5.96 Å². The Morgan fingerprint density at radius 2 is 2.00 bits per heavy atom. The topological polar surface area (TPSA) is 79.5 Å². The molecular formula is C17H28N4O. The van der Waals surface area contributed by atoms with E-state index < -0.39 is 0 Å². The fraction of sp³-hybridized carbons (Fsp3) is 0.529. The van der Waals surface area contributed by atoms with E-state index in [1.54, 1.807) is 6.07 Å². The van der Waals surface area contributed by atoms with Crippen LogP contribution in [0.5, 0.6) is 0 Å². The van der Waals surface area contributed by atoms with Crippen molar-refractivity contribution < 1.29 is 4.79 Å². The van der Waals surface area contributed by atoms with E-state index in [1.165, 1.54) is 0 Å². The Kier molecular flexibility index (Phi) is 6.40. The molecule has 0 saturated heterocycles. The summed E-state index contributed by atoms with van der Waals surface area (Å²) < 4.78 is 0. The van der Waals surface area contributed by atoms with Gasteiger partial charge in [-0.1, -0.05) is 26.0 Å². The molecule has 1 aromatic carbocycles. The molecule has 5 heteroatoms. The Hall–Kier alpha value is -2.04. The summed E-state index contributed by atoms with van der Waals surface area (Å²) >= 11 is 0. The maximum atomic E-state index is 12.1. The Balaban J connectivity index is 2.68. The van der Waals surface area contributed by atoms with Crippen LogP contribution in [0.2, 0.25) is 0 Å². The van der Waals surface area contributed by atoms with Gasteiger partial charge in [-0.05, 0) is 44.4 Å². The van der Waals surface area contributed by atoms with E-state index in [1.807, 2.05) is 39.0 Å². The molecule has 0 unspecified atom stereocenters. The molecule has 1 amide bonds. The standard InChI is InChI=1S/C17H28N4O/c1-12(2)10-19-16(18)20-11-13-7-6-8-14(9-13)15(22)21-17(3,4)5/h6-9,12H,10-11H2,1-5H3,(H,21,22)(H3,18,19,20). The number of carbonyl (C=O) groups excluding carboxylic acids is 1. The quantitative estimate of drug-likeness (QED) is 0.577. The summed E-state index contributed by atoms with van der Waals surface area (Å²) in [4.78, 5) is 16.4. The zero-order valence-electron chi connectivity index (χ0n) is 14.2. The molecule has 0 aromatic heterocycles. The average molecular weight is 304 g/mol. The minimum Gasteiger partial charge on any atom is -0.370 e. The number of nitrogens with two attached hydrogens (primary N) is 1. The van der Waals surface area contributed by atoms with Gasteiger partial charge in [0.25, 0.3) is 5.91 Å². The van der Waals surface area contributed by atoms with E-state index in [0.29, 0.717) is 24.0 Å². The van der Waals surface area contributed by atoms with Gasteiger partial charge in [-0.25, -0.2) is 4.99 Å². The second-order valence-corrected chi connectivity index (χ2v) is 6.88. The van der Waals surface area contributed by atoms with E-state index in [-0.39, 0.29) is 11.4 Å². The molecule has 0 aliphatic carbocycles. The highest BCUT2D eigenvalue weighted by Crippen LogP contribution is 2.09. The maximum absolute atomic E-state index is 12.1. The summed E-state index contributed by atoms with van der Waals surface area (Å²) in [5, 5.41) is 6.02. The molecule has 0 heterocycles. The van der Waals surface area contributed by atoms with Crippen molar-refractivity contribution in [2.24, 2.45) is 16.6 Å². The molecule has 5 nitrogen and oxygen atoms in total. The fourth-order valence-electron chi connectivity index (χ4n) is 1.76. The number of amides is 1. The molecule has 0 saturated carbocycles. The highest BCUT2D eigenvalue weighted by atomic mass is 16.1. The van der Waals surface area contributed by atoms with Crippen LogP contribution in [0.1, 0.15) is 50.5 Å². The zero-order valence-corrected chi connectivity index (χ0v) is 14.2. The smallest absolute Gasteiger partial charge is 0.251 e. The zero-order chi connectivity index (χ0) is 16.8. The molecule has 0 atom stereocenters. The van der Waals surface area contributed by atoms with E-state index in [9.17, 15) is 4.79 Å². The van der Waals surface area contributed by atoms with Crippen LogP contribution in [0.25, 0.3) is 0 Å². The molecular weight excluding hydrogens is 276 g/mol. The third kappa shape index (κ3) is 7.11. The van der Waals surface area contributed by atoms with Crippen molar-refractivity contribution in [1.82, 2.24) is 10.6 Å². The summed E-state index contributed by atoms with van der Waals surface area (Å²) in [6, 6.07) is 7.45. The third-order valence-electron chi connectivity index (χ3n) is 2.80.